The van der Waals surface area contributed by atoms with Gasteiger partial charge in [0.2, 0.25) is 10.0 Å². The van der Waals surface area contributed by atoms with E-state index in [1.807, 2.05) is 11.8 Å². The van der Waals surface area contributed by atoms with Gasteiger partial charge in [-0.25, -0.2) is 8.42 Å². The maximum atomic E-state index is 12.9. The Hall–Kier alpha value is -2.50. The molecule has 2 aliphatic rings. The van der Waals surface area contributed by atoms with E-state index in [9.17, 15) is 27.9 Å². The van der Waals surface area contributed by atoms with E-state index in [-0.39, 0.29) is 17.2 Å². The maximum absolute atomic E-state index is 12.9. The summed E-state index contributed by atoms with van der Waals surface area (Å²) in [6.45, 7) is 4.75. The summed E-state index contributed by atoms with van der Waals surface area (Å²) in [5.41, 5.74) is 1.57. The highest BCUT2D eigenvalue weighted by Crippen LogP contribution is 2.26. The number of sulfonamides is 1. The lowest BCUT2D eigenvalue weighted by molar-refractivity contribution is -0.138. The number of rotatable bonds is 13. The van der Waals surface area contributed by atoms with Gasteiger partial charge >= 0.3 is 5.97 Å². The van der Waals surface area contributed by atoms with E-state index < -0.39 is 34.5 Å². The molecule has 1 aromatic carbocycles. The molecule has 194 valence electrons. The third kappa shape index (κ3) is 7.74. The maximum Gasteiger partial charge on any atom is 0.323 e. The average molecular weight is 509 g/mol. The van der Waals surface area contributed by atoms with Crippen LogP contribution in [0.1, 0.15) is 71.7 Å². The highest BCUT2D eigenvalue weighted by molar-refractivity contribution is 7.89. The van der Waals surface area contributed by atoms with Crippen LogP contribution in [-0.2, 0) is 21.4 Å². The number of carboxylic acids is 1. The van der Waals surface area contributed by atoms with Crippen LogP contribution < -0.4 is 15.4 Å². The van der Waals surface area contributed by atoms with E-state index in [0.717, 1.165) is 50.8 Å². The Balaban J connectivity index is 1.55. The Labute approximate surface area is 206 Å². The summed E-state index contributed by atoms with van der Waals surface area (Å²) in [4.78, 5) is 38.9. The van der Waals surface area contributed by atoms with Gasteiger partial charge in [0.25, 0.3) is 11.8 Å². The van der Waals surface area contributed by atoms with Gasteiger partial charge < -0.3 is 20.6 Å². The van der Waals surface area contributed by atoms with Crippen LogP contribution in [0.2, 0.25) is 0 Å². The van der Waals surface area contributed by atoms with E-state index in [4.69, 9.17) is 0 Å². The first-order chi connectivity index (χ1) is 16.7. The van der Waals surface area contributed by atoms with Crippen LogP contribution in [0.4, 0.5) is 0 Å². The summed E-state index contributed by atoms with van der Waals surface area (Å²) in [7, 11) is -3.78. The lowest BCUT2D eigenvalue weighted by Gasteiger charge is -2.25. The van der Waals surface area contributed by atoms with Crippen molar-refractivity contribution in [1.82, 2.24) is 20.3 Å². The van der Waals surface area contributed by atoms with Crippen molar-refractivity contribution in [3.05, 3.63) is 34.9 Å². The van der Waals surface area contributed by atoms with Gasteiger partial charge in [-0.3, -0.25) is 14.4 Å². The van der Waals surface area contributed by atoms with Crippen LogP contribution in [0.15, 0.2) is 18.2 Å². The van der Waals surface area contributed by atoms with Crippen LogP contribution in [0, 0.1) is 5.92 Å². The van der Waals surface area contributed by atoms with Crippen LogP contribution in [0.3, 0.4) is 0 Å². The molecule has 3 rings (SSSR count). The summed E-state index contributed by atoms with van der Waals surface area (Å²) in [5.74, 6) is -1.60. The van der Waals surface area contributed by atoms with E-state index in [1.54, 1.807) is 12.1 Å². The Morgan fingerprint density at radius 1 is 1.23 bits per heavy atom. The van der Waals surface area contributed by atoms with Crippen molar-refractivity contribution in [2.75, 3.05) is 31.9 Å². The third-order valence-electron chi connectivity index (χ3n) is 6.62. The molecule has 1 aromatic rings. The molecular formula is C24H36N4O6S. The fraction of sp³-hybridized carbons (Fsp3) is 0.625. The molecule has 4 N–H and O–H groups in total. The molecule has 0 spiro atoms. The van der Waals surface area contributed by atoms with Gasteiger partial charge in [-0.2, -0.15) is 4.72 Å². The molecule has 1 saturated heterocycles. The Bertz CT molecular complexity index is 1020. The molecule has 0 bridgehead atoms. The summed E-state index contributed by atoms with van der Waals surface area (Å²) < 4.78 is 26.5. The highest BCUT2D eigenvalue weighted by atomic mass is 32.2. The quantitative estimate of drug-likeness (QED) is 0.294. The number of unbranched alkanes of at least 4 members (excludes halogenated alkanes) is 2. The standard InChI is InChI=1S/C24H36N4O6S/c1-2-3-4-13-35(33,34)27-21(24(31)32)15-26-22(29)18-5-6-19-16-28(23(30)20(19)14-18)12-9-17-7-10-25-11-8-17/h5-6,14,17,21,25,27H,2-4,7-13,15-16H2,1H3,(H,26,29)(H,31,32)/t21-/m0/s1. The SMILES string of the molecule is CCCCCS(=O)(=O)N[C@@H](CNC(=O)c1ccc2c(c1)C(=O)N(CCC1CCNCC1)C2)C(=O)O. The molecule has 2 amide bonds. The molecule has 1 atom stereocenters. The first kappa shape index (κ1) is 27.1. The molecule has 0 aliphatic carbocycles. The summed E-state index contributed by atoms with van der Waals surface area (Å²) in [6, 6.07) is 3.40. The zero-order valence-corrected chi connectivity index (χ0v) is 21.0. The van der Waals surface area contributed by atoms with Crippen LogP contribution in [0.5, 0.6) is 0 Å². The number of aliphatic carboxylic acids is 1. The number of benzene rings is 1. The summed E-state index contributed by atoms with van der Waals surface area (Å²) in [5, 5.41) is 15.2. The van der Waals surface area contributed by atoms with E-state index in [2.05, 4.69) is 15.4 Å². The average Bonchev–Trinajstić information content (AvgIpc) is 3.15. The Kier molecular flexibility index (Phi) is 9.64. The van der Waals surface area contributed by atoms with Crippen molar-refractivity contribution in [2.24, 2.45) is 5.92 Å². The highest BCUT2D eigenvalue weighted by Gasteiger charge is 2.29. The van der Waals surface area contributed by atoms with Crippen LogP contribution in [0.25, 0.3) is 0 Å². The number of amides is 2. The summed E-state index contributed by atoms with van der Waals surface area (Å²) >= 11 is 0. The lowest BCUT2D eigenvalue weighted by Crippen LogP contribution is -2.49. The number of nitrogens with zero attached hydrogens (tertiary/aromatic N) is 1. The fourth-order valence-corrected chi connectivity index (χ4v) is 5.81. The van der Waals surface area contributed by atoms with Crippen molar-refractivity contribution in [3.63, 3.8) is 0 Å². The van der Waals surface area contributed by atoms with Crippen molar-refractivity contribution in [1.29, 1.82) is 0 Å². The minimum atomic E-state index is -3.78. The zero-order valence-electron chi connectivity index (χ0n) is 20.2. The van der Waals surface area contributed by atoms with E-state index in [1.165, 1.54) is 6.07 Å². The van der Waals surface area contributed by atoms with Gasteiger partial charge in [-0.1, -0.05) is 25.8 Å². The lowest BCUT2D eigenvalue weighted by atomic mass is 9.94. The monoisotopic (exact) mass is 508 g/mol. The smallest absolute Gasteiger partial charge is 0.323 e. The molecule has 2 aliphatic heterocycles. The van der Waals surface area contributed by atoms with Crippen molar-refractivity contribution in [2.45, 2.75) is 58.0 Å². The van der Waals surface area contributed by atoms with Gasteiger partial charge in [-0.05, 0) is 62.4 Å². The van der Waals surface area contributed by atoms with Gasteiger partial charge in [-0.15, -0.1) is 0 Å². The summed E-state index contributed by atoms with van der Waals surface area (Å²) in [6.07, 6.45) is 5.19. The van der Waals surface area contributed by atoms with Gasteiger partial charge in [0, 0.05) is 30.8 Å². The van der Waals surface area contributed by atoms with Gasteiger partial charge in [0.15, 0.2) is 0 Å². The van der Waals surface area contributed by atoms with Crippen molar-refractivity contribution >= 4 is 27.8 Å². The molecule has 0 radical (unpaired) electrons. The minimum Gasteiger partial charge on any atom is -0.480 e. The van der Waals surface area contributed by atoms with Crippen molar-refractivity contribution in [3.8, 4) is 0 Å². The van der Waals surface area contributed by atoms with Crippen LogP contribution in [-0.4, -0.2) is 74.2 Å². The molecule has 1 fully saturated rings. The topological polar surface area (TPSA) is 145 Å². The second-order valence-electron chi connectivity index (χ2n) is 9.33. The number of piperidine rings is 1. The number of hydrogen-bond donors (Lipinski definition) is 4. The molecular weight excluding hydrogens is 472 g/mol. The molecule has 10 nitrogen and oxygen atoms in total. The number of carboxylic acid groups (broad SMARTS) is 1. The molecule has 0 saturated carbocycles. The van der Waals surface area contributed by atoms with E-state index >= 15 is 0 Å². The van der Waals surface area contributed by atoms with Gasteiger partial charge in [0.1, 0.15) is 6.04 Å². The number of fused-ring (bicyclic) bond motifs is 1. The molecule has 11 heteroatoms. The molecule has 35 heavy (non-hydrogen) atoms. The minimum absolute atomic E-state index is 0.105. The fourth-order valence-electron chi connectivity index (χ4n) is 4.49. The molecule has 0 unspecified atom stereocenters. The normalized spacial score (nSPS) is 17.3. The zero-order chi connectivity index (χ0) is 25.4. The largest absolute Gasteiger partial charge is 0.480 e. The predicted molar refractivity (Wildman–Crippen MR) is 132 cm³/mol. The second-order valence-corrected chi connectivity index (χ2v) is 11.2. The number of carbonyl (C=O) groups excluding carboxylic acids is 2. The predicted octanol–water partition coefficient (Wildman–Crippen LogP) is 1.32. The Morgan fingerprint density at radius 3 is 2.66 bits per heavy atom. The second kappa shape index (κ2) is 12.5. The third-order valence-corrected chi connectivity index (χ3v) is 8.09. The number of carbonyl (C=O) groups is 3. The number of nitrogens with one attached hydrogen (secondary N) is 3. The molecule has 0 aromatic heterocycles. The Morgan fingerprint density at radius 2 is 1.97 bits per heavy atom. The van der Waals surface area contributed by atoms with Crippen LogP contribution >= 0.6 is 0 Å². The number of hydrogen-bond acceptors (Lipinski definition) is 6. The first-order valence-electron chi connectivity index (χ1n) is 12.3. The first-order valence-corrected chi connectivity index (χ1v) is 14.0. The van der Waals surface area contributed by atoms with Crippen molar-refractivity contribution < 1.29 is 27.9 Å². The molecule has 2 heterocycles. The van der Waals surface area contributed by atoms with E-state index in [0.29, 0.717) is 31.0 Å². The van der Waals surface area contributed by atoms with Gasteiger partial charge in [0.05, 0.1) is 5.75 Å².